The van der Waals surface area contributed by atoms with Gasteiger partial charge in [0.15, 0.2) is 0 Å². The normalized spacial score (nSPS) is 18.3. The molecule has 1 aromatic rings. The van der Waals surface area contributed by atoms with E-state index in [1.807, 2.05) is 0 Å². The number of hydrogen-bond acceptors (Lipinski definition) is 3. The van der Waals surface area contributed by atoms with E-state index in [9.17, 15) is 4.39 Å². The maximum atomic E-state index is 13.0. The van der Waals surface area contributed by atoms with Gasteiger partial charge in [-0.05, 0) is 38.1 Å². The first kappa shape index (κ1) is 12.3. The van der Waals surface area contributed by atoms with Crippen molar-refractivity contribution in [2.75, 3.05) is 20.1 Å². The van der Waals surface area contributed by atoms with E-state index in [-0.39, 0.29) is 11.9 Å². The summed E-state index contributed by atoms with van der Waals surface area (Å²) in [4.78, 5) is 2.29. The fourth-order valence-corrected chi connectivity index (χ4v) is 2.10. The first-order valence-corrected chi connectivity index (χ1v) is 6.02. The zero-order valence-electron chi connectivity index (χ0n) is 10.2. The average Bonchev–Trinajstić information content (AvgIpc) is 2.34. The molecule has 4 heteroatoms. The van der Waals surface area contributed by atoms with E-state index in [1.165, 1.54) is 12.1 Å². The molecule has 0 atom stereocenters. The number of likely N-dealkylation sites (tertiary alicyclic amines) is 1. The second-order valence-electron chi connectivity index (χ2n) is 4.58. The quantitative estimate of drug-likeness (QED) is 0.872. The van der Waals surface area contributed by atoms with E-state index in [2.05, 4.69) is 11.9 Å². The fraction of sp³-hybridized carbons (Fsp3) is 0.538. The Morgan fingerprint density at radius 2 is 2.12 bits per heavy atom. The van der Waals surface area contributed by atoms with Gasteiger partial charge in [-0.2, -0.15) is 0 Å². The second-order valence-corrected chi connectivity index (χ2v) is 4.58. The van der Waals surface area contributed by atoms with Crippen molar-refractivity contribution >= 4 is 0 Å². The van der Waals surface area contributed by atoms with Gasteiger partial charge in [0.25, 0.3) is 0 Å². The van der Waals surface area contributed by atoms with E-state index in [4.69, 9.17) is 10.5 Å². The molecule has 0 saturated carbocycles. The Morgan fingerprint density at radius 1 is 1.41 bits per heavy atom. The van der Waals surface area contributed by atoms with E-state index in [0.29, 0.717) is 6.54 Å². The highest BCUT2D eigenvalue weighted by atomic mass is 19.1. The van der Waals surface area contributed by atoms with Crippen molar-refractivity contribution in [2.24, 2.45) is 5.73 Å². The van der Waals surface area contributed by atoms with E-state index in [0.717, 1.165) is 37.2 Å². The number of halogens is 1. The summed E-state index contributed by atoms with van der Waals surface area (Å²) in [6.07, 6.45) is 2.25. The Labute approximate surface area is 101 Å². The minimum absolute atomic E-state index is 0.224. The Bertz CT molecular complexity index is 376. The molecule has 0 spiro atoms. The van der Waals surface area contributed by atoms with Gasteiger partial charge in [-0.25, -0.2) is 4.39 Å². The zero-order chi connectivity index (χ0) is 12.3. The lowest BCUT2D eigenvalue weighted by atomic mass is 10.1. The summed E-state index contributed by atoms with van der Waals surface area (Å²) in [5.41, 5.74) is 6.33. The van der Waals surface area contributed by atoms with Crippen molar-refractivity contribution in [3.63, 3.8) is 0 Å². The van der Waals surface area contributed by atoms with Gasteiger partial charge < -0.3 is 15.4 Å². The number of rotatable bonds is 3. The predicted octanol–water partition coefficient (Wildman–Crippen LogP) is 1.76. The summed E-state index contributed by atoms with van der Waals surface area (Å²) in [6, 6.07) is 4.55. The molecule has 94 valence electrons. The van der Waals surface area contributed by atoms with E-state index in [1.54, 1.807) is 6.07 Å². The van der Waals surface area contributed by atoms with Gasteiger partial charge in [0.05, 0.1) is 0 Å². The van der Waals surface area contributed by atoms with E-state index < -0.39 is 0 Å². The zero-order valence-corrected chi connectivity index (χ0v) is 10.2. The third kappa shape index (κ3) is 3.17. The molecule has 1 aromatic carbocycles. The van der Waals surface area contributed by atoms with Crippen molar-refractivity contribution in [1.29, 1.82) is 0 Å². The number of piperidine rings is 1. The van der Waals surface area contributed by atoms with Gasteiger partial charge in [-0.15, -0.1) is 0 Å². The summed E-state index contributed by atoms with van der Waals surface area (Å²) in [5.74, 6) is 0.463. The highest BCUT2D eigenvalue weighted by molar-refractivity contribution is 5.34. The maximum Gasteiger partial charge on any atom is 0.124 e. The largest absolute Gasteiger partial charge is 0.490 e. The van der Waals surface area contributed by atoms with Gasteiger partial charge in [-0.1, -0.05) is 0 Å². The number of ether oxygens (including phenoxy) is 1. The standard InChI is InChI=1S/C13H19FN2O/c1-16-6-4-12(5-7-16)17-13-3-2-11(14)8-10(13)9-15/h2-3,8,12H,4-7,9,15H2,1H3. The van der Waals surface area contributed by atoms with E-state index >= 15 is 0 Å². The first-order chi connectivity index (χ1) is 8.19. The van der Waals surface area contributed by atoms with Crippen LogP contribution in [0.1, 0.15) is 18.4 Å². The Balaban J connectivity index is 2.03. The van der Waals surface area contributed by atoms with Gasteiger partial charge in [0.1, 0.15) is 17.7 Å². The van der Waals surface area contributed by atoms with Gasteiger partial charge in [-0.3, -0.25) is 0 Å². The Hall–Kier alpha value is -1.13. The van der Waals surface area contributed by atoms with Crippen molar-refractivity contribution < 1.29 is 9.13 Å². The number of benzene rings is 1. The van der Waals surface area contributed by atoms with Crippen LogP contribution in [0.5, 0.6) is 5.75 Å². The molecule has 0 radical (unpaired) electrons. The molecule has 1 aliphatic heterocycles. The van der Waals surface area contributed by atoms with Crippen molar-refractivity contribution in [3.8, 4) is 5.75 Å². The molecule has 0 aliphatic carbocycles. The lowest BCUT2D eigenvalue weighted by Gasteiger charge is -2.29. The van der Waals surface area contributed by atoms with Crippen LogP contribution >= 0.6 is 0 Å². The lowest BCUT2D eigenvalue weighted by Crippen LogP contribution is -2.35. The van der Waals surface area contributed by atoms with Crippen LogP contribution in [0, 0.1) is 5.82 Å². The first-order valence-electron chi connectivity index (χ1n) is 6.02. The molecule has 17 heavy (non-hydrogen) atoms. The van der Waals surface area contributed by atoms with Gasteiger partial charge in [0, 0.05) is 25.2 Å². The molecule has 2 rings (SSSR count). The molecule has 0 amide bonds. The number of nitrogens with two attached hydrogens (primary N) is 1. The van der Waals surface area contributed by atoms with Crippen LogP contribution in [0.4, 0.5) is 4.39 Å². The second kappa shape index (κ2) is 5.47. The van der Waals surface area contributed by atoms with Crippen LogP contribution in [0.25, 0.3) is 0 Å². The van der Waals surface area contributed by atoms with Crippen molar-refractivity contribution in [2.45, 2.75) is 25.5 Å². The smallest absolute Gasteiger partial charge is 0.124 e. The van der Waals surface area contributed by atoms with Crippen LogP contribution in [0.15, 0.2) is 18.2 Å². The molecule has 1 saturated heterocycles. The SMILES string of the molecule is CN1CCC(Oc2ccc(F)cc2CN)CC1. The third-order valence-electron chi connectivity index (χ3n) is 3.20. The van der Waals surface area contributed by atoms with Crippen LogP contribution < -0.4 is 10.5 Å². The molecule has 0 bridgehead atoms. The molecule has 1 aliphatic rings. The minimum atomic E-state index is -0.263. The van der Waals surface area contributed by atoms with Crippen LogP contribution in [0.2, 0.25) is 0 Å². The summed E-state index contributed by atoms with van der Waals surface area (Å²) >= 11 is 0. The van der Waals surface area contributed by atoms with Crippen LogP contribution in [-0.4, -0.2) is 31.1 Å². The summed E-state index contributed by atoms with van der Waals surface area (Å²) in [6.45, 7) is 2.40. The number of hydrogen-bond donors (Lipinski definition) is 1. The Kier molecular flexibility index (Phi) is 3.97. The van der Waals surface area contributed by atoms with Gasteiger partial charge in [0.2, 0.25) is 0 Å². The van der Waals surface area contributed by atoms with Crippen molar-refractivity contribution in [1.82, 2.24) is 4.90 Å². The summed E-state index contributed by atoms with van der Waals surface area (Å²) in [5, 5.41) is 0. The molecule has 1 heterocycles. The average molecular weight is 238 g/mol. The highest BCUT2D eigenvalue weighted by Gasteiger charge is 2.19. The number of nitrogens with zero attached hydrogens (tertiary/aromatic N) is 1. The maximum absolute atomic E-state index is 13.0. The molecule has 3 nitrogen and oxygen atoms in total. The highest BCUT2D eigenvalue weighted by Crippen LogP contribution is 2.23. The predicted molar refractivity (Wildman–Crippen MR) is 65.4 cm³/mol. The summed E-state index contributed by atoms with van der Waals surface area (Å²) < 4.78 is 19.0. The molecular formula is C13H19FN2O. The topological polar surface area (TPSA) is 38.5 Å². The monoisotopic (exact) mass is 238 g/mol. The Morgan fingerprint density at radius 3 is 2.76 bits per heavy atom. The molecule has 0 aromatic heterocycles. The fourth-order valence-electron chi connectivity index (χ4n) is 2.10. The third-order valence-corrected chi connectivity index (χ3v) is 3.20. The van der Waals surface area contributed by atoms with Crippen LogP contribution in [-0.2, 0) is 6.54 Å². The molecule has 1 fully saturated rings. The van der Waals surface area contributed by atoms with Gasteiger partial charge >= 0.3 is 0 Å². The minimum Gasteiger partial charge on any atom is -0.490 e. The van der Waals surface area contributed by atoms with Crippen molar-refractivity contribution in [3.05, 3.63) is 29.6 Å². The molecule has 0 unspecified atom stereocenters. The molecular weight excluding hydrogens is 219 g/mol. The summed E-state index contributed by atoms with van der Waals surface area (Å²) in [7, 11) is 2.11. The van der Waals surface area contributed by atoms with Crippen LogP contribution in [0.3, 0.4) is 0 Å². The molecule has 2 N–H and O–H groups in total. The lowest BCUT2D eigenvalue weighted by molar-refractivity contribution is 0.113.